The monoisotopic (exact) mass is 251 g/mol. The zero-order chi connectivity index (χ0) is 13.6. The molecule has 0 heterocycles. The summed E-state index contributed by atoms with van der Waals surface area (Å²) >= 11 is 0. The molecule has 0 amide bonds. The Hall–Kier alpha value is -1.06. The lowest BCUT2D eigenvalue weighted by Gasteiger charge is -2.24. The Morgan fingerprint density at radius 3 is 2.44 bits per heavy atom. The molecule has 1 aromatic rings. The second-order valence-electron chi connectivity index (χ2n) is 5.34. The molecule has 0 aliphatic heterocycles. The minimum absolute atomic E-state index is 0.309. The number of aryl methyl sites for hydroxylation is 1. The van der Waals surface area contributed by atoms with Gasteiger partial charge in [0.05, 0.1) is 5.60 Å². The highest BCUT2D eigenvalue weighted by Gasteiger charge is 2.17. The quantitative estimate of drug-likeness (QED) is 0.698. The molecule has 0 saturated carbocycles. The molecule has 0 saturated heterocycles. The zero-order valence-electron chi connectivity index (χ0n) is 11.6. The second-order valence-corrected chi connectivity index (χ2v) is 5.34. The molecule has 102 valence electrons. The molecule has 0 spiro atoms. The number of hydrogen-bond donors (Lipinski definition) is 3. The van der Waals surface area contributed by atoms with Gasteiger partial charge in [-0.1, -0.05) is 19.1 Å². The summed E-state index contributed by atoms with van der Waals surface area (Å²) in [5.41, 5.74) is 0.607. The maximum atomic E-state index is 9.90. The van der Waals surface area contributed by atoms with Crippen LogP contribution in [0.3, 0.4) is 0 Å². The number of phenols is 1. The van der Waals surface area contributed by atoms with Gasteiger partial charge in [-0.05, 0) is 50.8 Å². The van der Waals surface area contributed by atoms with Crippen LogP contribution < -0.4 is 5.32 Å². The maximum Gasteiger partial charge on any atom is 0.115 e. The van der Waals surface area contributed by atoms with Crippen LogP contribution in [0.15, 0.2) is 24.3 Å². The molecule has 0 fully saturated rings. The largest absolute Gasteiger partial charge is 0.508 e. The summed E-state index contributed by atoms with van der Waals surface area (Å²) in [5, 5.41) is 22.4. The van der Waals surface area contributed by atoms with Crippen molar-refractivity contribution in [2.24, 2.45) is 0 Å². The zero-order valence-corrected chi connectivity index (χ0v) is 11.6. The van der Waals surface area contributed by atoms with Crippen LogP contribution in [-0.2, 0) is 6.42 Å². The topological polar surface area (TPSA) is 52.5 Å². The van der Waals surface area contributed by atoms with Gasteiger partial charge in [0.2, 0.25) is 0 Å². The van der Waals surface area contributed by atoms with Crippen LogP contribution in [-0.4, -0.2) is 28.4 Å². The van der Waals surface area contributed by atoms with Gasteiger partial charge in [-0.15, -0.1) is 0 Å². The molecule has 3 N–H and O–H groups in total. The number of phenolic OH excluding ortho intramolecular Hbond substituents is 1. The summed E-state index contributed by atoms with van der Waals surface area (Å²) in [6.07, 6.45) is 2.75. The van der Waals surface area contributed by atoms with E-state index >= 15 is 0 Å². The van der Waals surface area contributed by atoms with Gasteiger partial charge in [-0.25, -0.2) is 0 Å². The Kier molecular flexibility index (Phi) is 5.63. The Morgan fingerprint density at radius 2 is 1.89 bits per heavy atom. The minimum atomic E-state index is -0.618. The molecule has 0 aromatic heterocycles. The summed E-state index contributed by atoms with van der Waals surface area (Å²) in [6.45, 7) is 6.60. The van der Waals surface area contributed by atoms with Crippen molar-refractivity contribution < 1.29 is 10.2 Å². The van der Waals surface area contributed by atoms with E-state index in [1.807, 2.05) is 26.0 Å². The van der Waals surface area contributed by atoms with Crippen molar-refractivity contribution in [2.45, 2.75) is 51.7 Å². The van der Waals surface area contributed by atoms with Crippen LogP contribution in [0.4, 0.5) is 0 Å². The minimum Gasteiger partial charge on any atom is -0.508 e. The lowest BCUT2D eigenvalue weighted by atomic mass is 10.0. The Balaban J connectivity index is 2.29. The summed E-state index contributed by atoms with van der Waals surface area (Å²) in [7, 11) is 0. The highest BCUT2D eigenvalue weighted by molar-refractivity contribution is 5.25. The summed E-state index contributed by atoms with van der Waals surface area (Å²) < 4.78 is 0. The van der Waals surface area contributed by atoms with Gasteiger partial charge >= 0.3 is 0 Å². The first-order valence-corrected chi connectivity index (χ1v) is 6.66. The van der Waals surface area contributed by atoms with Crippen LogP contribution in [0.5, 0.6) is 5.75 Å². The number of aromatic hydroxyl groups is 1. The van der Waals surface area contributed by atoms with Crippen molar-refractivity contribution in [3.63, 3.8) is 0 Å². The standard InChI is InChI=1S/C15H25NO2/c1-4-15(3,18)11-16-12(2)5-6-13-7-9-14(17)10-8-13/h7-10,12,16-18H,4-6,11H2,1-3H3. The third kappa shape index (κ3) is 5.52. The fraction of sp³-hybridized carbons (Fsp3) is 0.600. The van der Waals surface area contributed by atoms with Crippen molar-refractivity contribution in [1.29, 1.82) is 0 Å². The van der Waals surface area contributed by atoms with E-state index in [1.165, 1.54) is 5.56 Å². The fourth-order valence-corrected chi connectivity index (χ4v) is 1.67. The molecule has 18 heavy (non-hydrogen) atoms. The summed E-state index contributed by atoms with van der Waals surface area (Å²) in [4.78, 5) is 0. The smallest absolute Gasteiger partial charge is 0.115 e. The van der Waals surface area contributed by atoms with Crippen molar-refractivity contribution in [2.75, 3.05) is 6.54 Å². The first-order chi connectivity index (χ1) is 8.43. The molecule has 0 aliphatic rings. The van der Waals surface area contributed by atoms with E-state index < -0.39 is 5.60 Å². The van der Waals surface area contributed by atoms with Gasteiger partial charge in [0.25, 0.3) is 0 Å². The van der Waals surface area contributed by atoms with Crippen LogP contribution in [0, 0.1) is 0 Å². The van der Waals surface area contributed by atoms with Crippen LogP contribution in [0.25, 0.3) is 0 Å². The van der Waals surface area contributed by atoms with E-state index in [0.717, 1.165) is 19.3 Å². The van der Waals surface area contributed by atoms with E-state index in [-0.39, 0.29) is 0 Å². The molecule has 0 aliphatic carbocycles. The average Bonchev–Trinajstić information content (AvgIpc) is 2.36. The molecule has 3 heteroatoms. The van der Waals surface area contributed by atoms with Crippen molar-refractivity contribution >= 4 is 0 Å². The fourth-order valence-electron chi connectivity index (χ4n) is 1.67. The molecule has 2 atom stereocenters. The van der Waals surface area contributed by atoms with E-state index in [0.29, 0.717) is 18.3 Å². The van der Waals surface area contributed by atoms with Crippen molar-refractivity contribution in [1.82, 2.24) is 5.32 Å². The Bertz CT molecular complexity index is 346. The lowest BCUT2D eigenvalue weighted by Crippen LogP contribution is -2.41. The third-order valence-electron chi connectivity index (χ3n) is 3.40. The number of rotatable bonds is 7. The molecular weight excluding hydrogens is 226 g/mol. The van der Waals surface area contributed by atoms with Gasteiger partial charge in [0, 0.05) is 12.6 Å². The Labute approximate surface area is 110 Å². The summed E-state index contributed by atoms with van der Waals surface area (Å²) in [5.74, 6) is 0.309. The van der Waals surface area contributed by atoms with E-state index in [2.05, 4.69) is 12.2 Å². The van der Waals surface area contributed by atoms with E-state index in [1.54, 1.807) is 12.1 Å². The first kappa shape index (κ1) is 15.0. The first-order valence-electron chi connectivity index (χ1n) is 6.66. The molecule has 0 radical (unpaired) electrons. The predicted octanol–water partition coefficient (Wildman–Crippen LogP) is 2.46. The number of aliphatic hydroxyl groups is 1. The Morgan fingerprint density at radius 1 is 1.28 bits per heavy atom. The second kappa shape index (κ2) is 6.76. The highest BCUT2D eigenvalue weighted by atomic mass is 16.3. The lowest BCUT2D eigenvalue weighted by molar-refractivity contribution is 0.0531. The molecule has 2 unspecified atom stereocenters. The van der Waals surface area contributed by atoms with E-state index in [4.69, 9.17) is 0 Å². The number of hydrogen-bond acceptors (Lipinski definition) is 3. The predicted molar refractivity (Wildman–Crippen MR) is 74.8 cm³/mol. The SMILES string of the molecule is CCC(C)(O)CNC(C)CCc1ccc(O)cc1. The molecule has 1 aromatic carbocycles. The van der Waals surface area contributed by atoms with E-state index in [9.17, 15) is 10.2 Å². The number of benzene rings is 1. The van der Waals surface area contributed by atoms with Crippen LogP contribution in [0.1, 0.15) is 39.2 Å². The molecule has 0 bridgehead atoms. The van der Waals surface area contributed by atoms with Crippen LogP contribution >= 0.6 is 0 Å². The maximum absolute atomic E-state index is 9.90. The van der Waals surface area contributed by atoms with Gasteiger partial charge in [0.15, 0.2) is 0 Å². The normalized spacial score (nSPS) is 16.2. The van der Waals surface area contributed by atoms with Gasteiger partial charge in [0.1, 0.15) is 5.75 Å². The molecular formula is C15H25NO2. The number of nitrogens with one attached hydrogen (secondary N) is 1. The highest BCUT2D eigenvalue weighted by Crippen LogP contribution is 2.12. The van der Waals surface area contributed by atoms with Crippen LogP contribution in [0.2, 0.25) is 0 Å². The third-order valence-corrected chi connectivity index (χ3v) is 3.40. The molecule has 1 rings (SSSR count). The van der Waals surface area contributed by atoms with Gasteiger partial charge in [-0.2, -0.15) is 0 Å². The molecule has 3 nitrogen and oxygen atoms in total. The van der Waals surface area contributed by atoms with Gasteiger partial charge in [-0.3, -0.25) is 0 Å². The average molecular weight is 251 g/mol. The van der Waals surface area contributed by atoms with Crippen molar-refractivity contribution in [3.8, 4) is 5.75 Å². The van der Waals surface area contributed by atoms with Crippen molar-refractivity contribution in [3.05, 3.63) is 29.8 Å². The summed E-state index contributed by atoms with van der Waals surface area (Å²) in [6, 6.07) is 7.70. The van der Waals surface area contributed by atoms with Gasteiger partial charge < -0.3 is 15.5 Å².